The minimum absolute atomic E-state index is 0.0108. The Balaban J connectivity index is 2.12. The van der Waals surface area contributed by atoms with Gasteiger partial charge in [-0.3, -0.25) is 14.5 Å². The van der Waals surface area contributed by atoms with Crippen molar-refractivity contribution in [2.75, 3.05) is 26.2 Å². The van der Waals surface area contributed by atoms with Crippen molar-refractivity contribution in [3.63, 3.8) is 0 Å². The molecule has 0 bridgehead atoms. The van der Waals surface area contributed by atoms with Gasteiger partial charge < -0.3 is 10.6 Å². The maximum Gasteiger partial charge on any atom is 0.237 e. The third-order valence-electron chi connectivity index (χ3n) is 2.54. The Labute approximate surface area is 76.5 Å². The first-order valence-corrected chi connectivity index (χ1v) is 4.56. The topological polar surface area (TPSA) is 61.4 Å². The Morgan fingerprint density at radius 1 is 1.15 bits per heavy atom. The number of fused-ring (bicyclic) bond motifs is 1. The van der Waals surface area contributed by atoms with Crippen LogP contribution in [0.1, 0.15) is 6.42 Å². The number of carbonyl (C=O) groups is 2. The lowest BCUT2D eigenvalue weighted by atomic mass is 10.1. The van der Waals surface area contributed by atoms with Crippen LogP contribution in [0.25, 0.3) is 0 Å². The molecule has 2 rings (SSSR count). The number of piperazine rings is 1. The van der Waals surface area contributed by atoms with Gasteiger partial charge in [0, 0.05) is 26.2 Å². The number of nitrogens with one attached hydrogen (secondary N) is 2. The molecule has 0 aliphatic carbocycles. The molecule has 2 aliphatic rings. The van der Waals surface area contributed by atoms with Gasteiger partial charge in [0.2, 0.25) is 11.8 Å². The third-order valence-corrected chi connectivity index (χ3v) is 2.54. The van der Waals surface area contributed by atoms with Gasteiger partial charge in [-0.15, -0.1) is 0 Å². The number of amides is 2. The number of carbonyl (C=O) groups excluding carboxylic acids is 2. The summed E-state index contributed by atoms with van der Waals surface area (Å²) in [5.41, 5.74) is 0. The summed E-state index contributed by atoms with van der Waals surface area (Å²) in [5, 5.41) is 5.53. The quantitative estimate of drug-likeness (QED) is 0.471. The highest BCUT2D eigenvalue weighted by Crippen LogP contribution is 2.10. The van der Waals surface area contributed by atoms with Gasteiger partial charge in [-0.2, -0.15) is 0 Å². The number of hydrogen-bond acceptors (Lipinski definition) is 3. The van der Waals surface area contributed by atoms with Crippen molar-refractivity contribution in [1.82, 2.24) is 15.5 Å². The van der Waals surface area contributed by atoms with Crippen LogP contribution >= 0.6 is 0 Å². The van der Waals surface area contributed by atoms with Crippen LogP contribution in [0, 0.1) is 0 Å². The monoisotopic (exact) mass is 183 g/mol. The molecule has 2 heterocycles. The molecule has 0 saturated carbocycles. The van der Waals surface area contributed by atoms with E-state index in [0.717, 1.165) is 13.1 Å². The lowest BCUT2D eigenvalue weighted by Crippen LogP contribution is -2.55. The van der Waals surface area contributed by atoms with Crippen LogP contribution in [-0.4, -0.2) is 48.9 Å². The molecule has 0 aromatic rings. The number of hydrogen-bond donors (Lipinski definition) is 2. The van der Waals surface area contributed by atoms with Crippen LogP contribution in [0.2, 0.25) is 0 Å². The Kier molecular flexibility index (Phi) is 2.18. The smallest absolute Gasteiger partial charge is 0.237 e. The summed E-state index contributed by atoms with van der Waals surface area (Å²) in [4.78, 5) is 24.6. The van der Waals surface area contributed by atoms with Gasteiger partial charge in [-0.05, 0) is 0 Å². The first-order valence-electron chi connectivity index (χ1n) is 4.56. The normalized spacial score (nSPS) is 30.0. The molecule has 5 nitrogen and oxygen atoms in total. The second kappa shape index (κ2) is 3.33. The van der Waals surface area contributed by atoms with Crippen LogP contribution in [0.15, 0.2) is 0 Å². The first-order chi connectivity index (χ1) is 6.27. The minimum atomic E-state index is -0.240. The number of nitrogens with zero attached hydrogens (tertiary/aromatic N) is 1. The summed E-state index contributed by atoms with van der Waals surface area (Å²) in [6.45, 7) is 2.99. The van der Waals surface area contributed by atoms with Crippen molar-refractivity contribution in [3.8, 4) is 0 Å². The standard InChI is InChI=1S/C8H13N3O2/c12-7-5-6-8(13)10-2-4-11(6)3-1-9-7/h6H,1-5H2,(H,9,12)(H,10,13)/t6-/m0/s1. The summed E-state index contributed by atoms with van der Waals surface area (Å²) < 4.78 is 0. The van der Waals surface area contributed by atoms with E-state index in [0.29, 0.717) is 19.5 Å². The zero-order valence-corrected chi connectivity index (χ0v) is 7.38. The lowest BCUT2D eigenvalue weighted by molar-refractivity contribution is -0.132. The van der Waals surface area contributed by atoms with Crippen LogP contribution in [0.3, 0.4) is 0 Å². The zero-order valence-electron chi connectivity index (χ0n) is 7.38. The van der Waals surface area contributed by atoms with Crippen LogP contribution in [0.4, 0.5) is 0 Å². The molecule has 0 aromatic carbocycles. The van der Waals surface area contributed by atoms with Gasteiger partial charge in [0.1, 0.15) is 0 Å². The fourth-order valence-corrected chi connectivity index (χ4v) is 1.84. The van der Waals surface area contributed by atoms with E-state index in [9.17, 15) is 9.59 Å². The fourth-order valence-electron chi connectivity index (χ4n) is 1.84. The predicted octanol–water partition coefficient (Wildman–Crippen LogP) is -1.69. The number of rotatable bonds is 0. The highest BCUT2D eigenvalue weighted by molar-refractivity contribution is 5.89. The Bertz CT molecular complexity index is 242. The minimum Gasteiger partial charge on any atom is -0.355 e. The van der Waals surface area contributed by atoms with E-state index in [1.165, 1.54) is 0 Å². The predicted molar refractivity (Wildman–Crippen MR) is 46.0 cm³/mol. The molecular weight excluding hydrogens is 170 g/mol. The van der Waals surface area contributed by atoms with E-state index in [4.69, 9.17) is 0 Å². The van der Waals surface area contributed by atoms with Crippen molar-refractivity contribution in [1.29, 1.82) is 0 Å². The first kappa shape index (κ1) is 8.50. The molecule has 2 saturated heterocycles. The average molecular weight is 183 g/mol. The molecular formula is C8H13N3O2. The molecule has 2 aliphatic heterocycles. The molecule has 2 N–H and O–H groups in total. The highest BCUT2D eigenvalue weighted by Gasteiger charge is 2.32. The molecule has 0 unspecified atom stereocenters. The van der Waals surface area contributed by atoms with Gasteiger partial charge in [-0.25, -0.2) is 0 Å². The van der Waals surface area contributed by atoms with Gasteiger partial charge in [-0.1, -0.05) is 0 Å². The van der Waals surface area contributed by atoms with Gasteiger partial charge in [0.05, 0.1) is 12.5 Å². The highest BCUT2D eigenvalue weighted by atomic mass is 16.2. The lowest BCUT2D eigenvalue weighted by Gasteiger charge is -2.32. The van der Waals surface area contributed by atoms with Crippen molar-refractivity contribution in [3.05, 3.63) is 0 Å². The molecule has 0 radical (unpaired) electrons. The largest absolute Gasteiger partial charge is 0.355 e. The van der Waals surface area contributed by atoms with Crippen LogP contribution in [-0.2, 0) is 9.59 Å². The van der Waals surface area contributed by atoms with E-state index in [1.54, 1.807) is 0 Å². The van der Waals surface area contributed by atoms with Crippen LogP contribution < -0.4 is 10.6 Å². The third kappa shape index (κ3) is 1.65. The van der Waals surface area contributed by atoms with Crippen molar-refractivity contribution in [2.24, 2.45) is 0 Å². The molecule has 0 spiro atoms. The summed E-state index contributed by atoms with van der Waals surface area (Å²) in [5.74, 6) is -0.0344. The van der Waals surface area contributed by atoms with Crippen LogP contribution in [0.5, 0.6) is 0 Å². The van der Waals surface area contributed by atoms with Crippen molar-refractivity contribution >= 4 is 11.8 Å². The van der Waals surface area contributed by atoms with E-state index in [1.807, 2.05) is 0 Å². The van der Waals surface area contributed by atoms with Gasteiger partial charge in [0.25, 0.3) is 0 Å². The van der Waals surface area contributed by atoms with Gasteiger partial charge >= 0.3 is 0 Å². The molecule has 13 heavy (non-hydrogen) atoms. The molecule has 72 valence electrons. The molecule has 1 atom stereocenters. The molecule has 5 heteroatoms. The second-order valence-electron chi connectivity index (χ2n) is 3.40. The molecule has 2 amide bonds. The summed E-state index contributed by atoms with van der Waals surface area (Å²) >= 11 is 0. The molecule has 2 fully saturated rings. The summed E-state index contributed by atoms with van der Waals surface area (Å²) in [6.07, 6.45) is 0.297. The maximum atomic E-state index is 11.4. The molecule has 0 aromatic heterocycles. The second-order valence-corrected chi connectivity index (χ2v) is 3.40. The van der Waals surface area contributed by atoms with E-state index in [-0.39, 0.29) is 17.9 Å². The van der Waals surface area contributed by atoms with E-state index in [2.05, 4.69) is 15.5 Å². The fraction of sp³-hybridized carbons (Fsp3) is 0.750. The summed E-state index contributed by atoms with van der Waals surface area (Å²) in [6, 6.07) is -0.240. The summed E-state index contributed by atoms with van der Waals surface area (Å²) in [7, 11) is 0. The SMILES string of the molecule is O=C1C[C@H]2C(=O)NCCN2CCN1. The van der Waals surface area contributed by atoms with E-state index >= 15 is 0 Å². The Hall–Kier alpha value is -1.10. The van der Waals surface area contributed by atoms with Crippen molar-refractivity contribution in [2.45, 2.75) is 12.5 Å². The van der Waals surface area contributed by atoms with E-state index < -0.39 is 0 Å². The zero-order chi connectivity index (χ0) is 9.26. The maximum absolute atomic E-state index is 11.4. The average Bonchev–Trinajstić information content (AvgIpc) is 2.28. The Morgan fingerprint density at radius 2 is 1.85 bits per heavy atom. The Morgan fingerprint density at radius 3 is 2.62 bits per heavy atom. The van der Waals surface area contributed by atoms with Crippen molar-refractivity contribution < 1.29 is 9.59 Å². The van der Waals surface area contributed by atoms with Gasteiger partial charge in [0.15, 0.2) is 0 Å².